The van der Waals surface area contributed by atoms with Crippen molar-refractivity contribution in [2.24, 2.45) is 0 Å². The third-order valence-corrected chi connectivity index (χ3v) is 6.51. The smallest absolute Gasteiger partial charge is 0.318 e. The second-order valence-electron chi connectivity index (χ2n) is 8.44. The summed E-state index contributed by atoms with van der Waals surface area (Å²) < 4.78 is 0. The quantitative estimate of drug-likeness (QED) is 0.850. The molecule has 2 N–H and O–H groups in total. The summed E-state index contributed by atoms with van der Waals surface area (Å²) in [5.41, 5.74) is 0.708. The SMILES string of the molecule is O=C(NC1C[C@H]2CCC[C@@H](C1)N2C(=O)NC1CCCCC1)c1ccccc1. The van der Waals surface area contributed by atoms with Gasteiger partial charge in [-0.2, -0.15) is 0 Å². The van der Waals surface area contributed by atoms with Crippen LogP contribution in [-0.4, -0.2) is 41.0 Å². The molecule has 3 fully saturated rings. The van der Waals surface area contributed by atoms with Gasteiger partial charge in [0.2, 0.25) is 0 Å². The van der Waals surface area contributed by atoms with Crippen molar-refractivity contribution in [2.45, 2.75) is 88.4 Å². The highest BCUT2D eigenvalue weighted by atomic mass is 16.2. The maximum atomic E-state index is 13.0. The van der Waals surface area contributed by atoms with Crippen LogP contribution in [0.4, 0.5) is 4.79 Å². The lowest BCUT2D eigenvalue weighted by molar-refractivity contribution is 0.0506. The first-order valence-electron chi connectivity index (χ1n) is 10.7. The fourth-order valence-corrected chi connectivity index (χ4v) is 5.19. The van der Waals surface area contributed by atoms with Gasteiger partial charge in [-0.25, -0.2) is 4.79 Å². The van der Waals surface area contributed by atoms with Crippen molar-refractivity contribution < 1.29 is 9.59 Å². The van der Waals surface area contributed by atoms with Gasteiger partial charge in [-0.3, -0.25) is 4.79 Å². The second kappa shape index (κ2) is 8.32. The van der Waals surface area contributed by atoms with Crippen molar-refractivity contribution in [3.05, 3.63) is 35.9 Å². The molecule has 2 saturated heterocycles. The lowest BCUT2D eigenvalue weighted by Crippen LogP contribution is -2.61. The summed E-state index contributed by atoms with van der Waals surface area (Å²) in [7, 11) is 0. The molecule has 1 aliphatic carbocycles. The molecule has 5 heteroatoms. The third-order valence-electron chi connectivity index (χ3n) is 6.51. The number of piperidine rings is 2. The summed E-state index contributed by atoms with van der Waals surface area (Å²) in [4.78, 5) is 27.6. The zero-order chi connectivity index (χ0) is 18.6. The van der Waals surface area contributed by atoms with E-state index in [0.29, 0.717) is 11.6 Å². The minimum atomic E-state index is -0.00113. The molecular weight excluding hydrogens is 338 g/mol. The Morgan fingerprint density at radius 2 is 1.44 bits per heavy atom. The first kappa shape index (κ1) is 18.3. The number of carbonyl (C=O) groups is 2. The van der Waals surface area contributed by atoms with E-state index in [0.717, 1.165) is 38.5 Å². The highest BCUT2D eigenvalue weighted by Crippen LogP contribution is 2.34. The minimum Gasteiger partial charge on any atom is -0.349 e. The number of benzene rings is 1. The normalized spacial score (nSPS) is 28.4. The molecule has 5 nitrogen and oxygen atoms in total. The molecule has 146 valence electrons. The van der Waals surface area contributed by atoms with E-state index >= 15 is 0 Å². The van der Waals surface area contributed by atoms with Gasteiger partial charge in [0, 0.05) is 29.7 Å². The van der Waals surface area contributed by atoms with Crippen molar-refractivity contribution in [3.63, 3.8) is 0 Å². The maximum Gasteiger partial charge on any atom is 0.318 e. The molecule has 3 aliphatic rings. The molecular formula is C22H31N3O2. The monoisotopic (exact) mass is 369 g/mol. The number of nitrogens with one attached hydrogen (secondary N) is 2. The number of urea groups is 1. The topological polar surface area (TPSA) is 61.4 Å². The Morgan fingerprint density at radius 3 is 2.11 bits per heavy atom. The summed E-state index contributed by atoms with van der Waals surface area (Å²) in [6.45, 7) is 0. The number of hydrogen-bond acceptors (Lipinski definition) is 2. The van der Waals surface area contributed by atoms with Gasteiger partial charge >= 0.3 is 6.03 Å². The van der Waals surface area contributed by atoms with Crippen LogP contribution in [0.25, 0.3) is 0 Å². The van der Waals surface area contributed by atoms with Crippen LogP contribution in [0.15, 0.2) is 30.3 Å². The Hall–Kier alpha value is -2.04. The molecule has 1 unspecified atom stereocenters. The highest BCUT2D eigenvalue weighted by molar-refractivity contribution is 5.94. The van der Waals surface area contributed by atoms with E-state index in [-0.39, 0.29) is 30.1 Å². The van der Waals surface area contributed by atoms with E-state index in [2.05, 4.69) is 15.5 Å². The molecule has 1 saturated carbocycles. The summed E-state index contributed by atoms with van der Waals surface area (Å²) in [5.74, 6) is -0.00113. The van der Waals surface area contributed by atoms with E-state index in [1.54, 1.807) is 0 Å². The van der Waals surface area contributed by atoms with Gasteiger partial charge in [-0.05, 0) is 57.1 Å². The number of carbonyl (C=O) groups excluding carboxylic acids is 2. The van der Waals surface area contributed by atoms with Crippen LogP contribution in [0, 0.1) is 0 Å². The van der Waals surface area contributed by atoms with Crippen molar-refractivity contribution in [1.82, 2.24) is 15.5 Å². The predicted molar refractivity (Wildman–Crippen MR) is 106 cm³/mol. The Balaban J connectivity index is 1.37. The van der Waals surface area contributed by atoms with E-state index in [4.69, 9.17) is 0 Å². The van der Waals surface area contributed by atoms with Gasteiger partial charge in [0.25, 0.3) is 5.91 Å². The number of nitrogens with zero attached hydrogens (tertiary/aromatic N) is 1. The molecule has 2 bridgehead atoms. The first-order chi connectivity index (χ1) is 13.2. The fraction of sp³-hybridized carbons (Fsp3) is 0.636. The van der Waals surface area contributed by atoms with Crippen LogP contribution in [0.1, 0.15) is 74.6 Å². The summed E-state index contributed by atoms with van der Waals surface area (Å²) in [5, 5.41) is 6.51. The summed E-state index contributed by atoms with van der Waals surface area (Å²) in [6.07, 6.45) is 11.0. The lowest BCUT2D eigenvalue weighted by atomic mass is 9.82. The zero-order valence-electron chi connectivity index (χ0n) is 16.0. The average Bonchev–Trinajstić information content (AvgIpc) is 2.68. The fourth-order valence-electron chi connectivity index (χ4n) is 5.19. The van der Waals surface area contributed by atoms with Crippen molar-refractivity contribution in [2.75, 3.05) is 0 Å². The molecule has 0 spiro atoms. The molecule has 2 aliphatic heterocycles. The number of hydrogen-bond donors (Lipinski definition) is 2. The minimum absolute atomic E-state index is 0.00113. The van der Waals surface area contributed by atoms with E-state index < -0.39 is 0 Å². The third kappa shape index (κ3) is 4.28. The average molecular weight is 370 g/mol. The van der Waals surface area contributed by atoms with Crippen molar-refractivity contribution >= 4 is 11.9 Å². The number of fused-ring (bicyclic) bond motifs is 2. The van der Waals surface area contributed by atoms with E-state index in [1.807, 2.05) is 30.3 Å². The van der Waals surface area contributed by atoms with Gasteiger partial charge in [0.1, 0.15) is 0 Å². The van der Waals surface area contributed by atoms with Crippen LogP contribution < -0.4 is 10.6 Å². The zero-order valence-corrected chi connectivity index (χ0v) is 16.0. The van der Waals surface area contributed by atoms with Gasteiger partial charge in [-0.15, -0.1) is 0 Å². The molecule has 4 rings (SSSR count). The predicted octanol–water partition coefficient (Wildman–Crippen LogP) is 3.84. The van der Waals surface area contributed by atoms with Crippen LogP contribution in [-0.2, 0) is 0 Å². The Kier molecular flexibility index (Phi) is 5.65. The van der Waals surface area contributed by atoms with Crippen LogP contribution in [0.3, 0.4) is 0 Å². The highest BCUT2D eigenvalue weighted by Gasteiger charge is 2.41. The van der Waals surface area contributed by atoms with Crippen molar-refractivity contribution in [1.29, 1.82) is 0 Å². The van der Waals surface area contributed by atoms with Crippen LogP contribution >= 0.6 is 0 Å². The van der Waals surface area contributed by atoms with E-state index in [1.165, 1.54) is 25.7 Å². The summed E-state index contributed by atoms with van der Waals surface area (Å²) >= 11 is 0. The Bertz CT molecular complexity index is 643. The van der Waals surface area contributed by atoms with Gasteiger partial charge < -0.3 is 15.5 Å². The van der Waals surface area contributed by atoms with Crippen molar-refractivity contribution in [3.8, 4) is 0 Å². The summed E-state index contributed by atoms with van der Waals surface area (Å²) in [6, 6.07) is 10.5. The molecule has 27 heavy (non-hydrogen) atoms. The molecule has 3 atom stereocenters. The maximum absolute atomic E-state index is 13.0. The molecule has 0 radical (unpaired) electrons. The Morgan fingerprint density at radius 1 is 0.778 bits per heavy atom. The number of rotatable bonds is 3. The molecule has 0 aromatic heterocycles. The second-order valence-corrected chi connectivity index (χ2v) is 8.44. The molecule has 2 heterocycles. The van der Waals surface area contributed by atoms with Gasteiger partial charge in [0.15, 0.2) is 0 Å². The molecule has 1 aromatic carbocycles. The van der Waals surface area contributed by atoms with E-state index in [9.17, 15) is 9.59 Å². The molecule has 3 amide bonds. The Labute approximate surface area is 161 Å². The van der Waals surface area contributed by atoms with Gasteiger partial charge in [-0.1, -0.05) is 37.5 Å². The number of amides is 3. The van der Waals surface area contributed by atoms with Crippen LogP contribution in [0.5, 0.6) is 0 Å². The lowest BCUT2D eigenvalue weighted by Gasteiger charge is -2.49. The first-order valence-corrected chi connectivity index (χ1v) is 10.7. The van der Waals surface area contributed by atoms with Crippen LogP contribution in [0.2, 0.25) is 0 Å². The van der Waals surface area contributed by atoms with Gasteiger partial charge in [0.05, 0.1) is 0 Å². The standard InChI is InChI=1S/C22H31N3O2/c26-21(16-8-3-1-4-9-16)23-18-14-19-12-7-13-20(15-18)25(19)22(27)24-17-10-5-2-6-11-17/h1,3-4,8-9,17-20H,2,5-7,10-15H2,(H,23,26)(H,24,27)/t18?,19-,20+. The molecule has 1 aromatic rings. The largest absolute Gasteiger partial charge is 0.349 e.